The summed E-state index contributed by atoms with van der Waals surface area (Å²) in [6.45, 7) is 1.58. The van der Waals surface area contributed by atoms with E-state index in [9.17, 15) is 9.59 Å². The molecule has 0 bridgehead atoms. The van der Waals surface area contributed by atoms with Crippen molar-refractivity contribution in [1.82, 2.24) is 14.8 Å². The highest BCUT2D eigenvalue weighted by atomic mass is 79.9. The lowest BCUT2D eigenvalue weighted by Crippen LogP contribution is -2.15. The highest BCUT2D eigenvalue weighted by molar-refractivity contribution is 9.10. The van der Waals surface area contributed by atoms with E-state index in [1.807, 2.05) is 43.3 Å². The molecule has 0 radical (unpaired) electrons. The lowest BCUT2D eigenvalue weighted by atomic mass is 10.1. The molecule has 0 atom stereocenters. The van der Waals surface area contributed by atoms with Crippen LogP contribution in [0.5, 0.6) is 5.75 Å². The number of hydrogen-bond donors (Lipinski definition) is 0. The van der Waals surface area contributed by atoms with Crippen LogP contribution in [-0.4, -0.2) is 40.2 Å². The minimum Gasteiger partial charge on any atom is -0.497 e. The van der Waals surface area contributed by atoms with Crippen LogP contribution in [0.2, 0.25) is 0 Å². The first-order valence-corrected chi connectivity index (χ1v) is 10.9. The van der Waals surface area contributed by atoms with Crippen molar-refractivity contribution in [3.63, 3.8) is 0 Å². The number of methoxy groups -OCH3 is 1. The van der Waals surface area contributed by atoms with Gasteiger partial charge >= 0.3 is 5.97 Å². The van der Waals surface area contributed by atoms with Crippen molar-refractivity contribution in [1.29, 1.82) is 0 Å². The topological polar surface area (TPSA) is 83.3 Å². The molecule has 166 valence electrons. The van der Waals surface area contributed by atoms with E-state index in [0.717, 1.165) is 15.6 Å². The summed E-state index contributed by atoms with van der Waals surface area (Å²) in [7, 11) is 1.59. The molecular formula is C25H20BrN3O4. The maximum atomic E-state index is 12.7. The summed E-state index contributed by atoms with van der Waals surface area (Å²) >= 11 is 3.32. The van der Waals surface area contributed by atoms with Gasteiger partial charge in [0.2, 0.25) is 0 Å². The van der Waals surface area contributed by atoms with Gasteiger partial charge in [0.15, 0.2) is 18.2 Å². The molecule has 7 nitrogen and oxygen atoms in total. The first-order valence-electron chi connectivity index (χ1n) is 10.1. The molecule has 0 saturated carbocycles. The zero-order chi connectivity index (χ0) is 23.4. The normalized spacial score (nSPS) is 10.6. The highest BCUT2D eigenvalue weighted by Crippen LogP contribution is 2.23. The van der Waals surface area contributed by atoms with Crippen LogP contribution in [0.15, 0.2) is 77.3 Å². The molecule has 0 aliphatic carbocycles. The van der Waals surface area contributed by atoms with E-state index in [2.05, 4.69) is 26.0 Å². The third-order valence-electron chi connectivity index (χ3n) is 4.92. The zero-order valence-corrected chi connectivity index (χ0v) is 19.6. The van der Waals surface area contributed by atoms with Gasteiger partial charge in [0.05, 0.1) is 12.8 Å². The molecule has 0 spiro atoms. The van der Waals surface area contributed by atoms with Crippen molar-refractivity contribution in [2.75, 3.05) is 13.7 Å². The van der Waals surface area contributed by atoms with E-state index < -0.39 is 12.6 Å². The minimum absolute atomic E-state index is 0.134. The third-order valence-corrected chi connectivity index (χ3v) is 5.45. The van der Waals surface area contributed by atoms with Crippen molar-refractivity contribution in [2.24, 2.45) is 0 Å². The number of esters is 1. The maximum absolute atomic E-state index is 12.7. The van der Waals surface area contributed by atoms with Crippen molar-refractivity contribution in [2.45, 2.75) is 6.92 Å². The van der Waals surface area contributed by atoms with Gasteiger partial charge in [-0.15, -0.1) is 5.10 Å². The summed E-state index contributed by atoms with van der Waals surface area (Å²) in [5, 5.41) is 4.37. The molecule has 4 aromatic rings. The molecule has 3 aromatic carbocycles. The van der Waals surface area contributed by atoms with Gasteiger partial charge in [-0.2, -0.15) is 0 Å². The number of nitrogens with zero attached hydrogens (tertiary/aromatic N) is 3. The molecule has 4 rings (SSSR count). The number of aromatic nitrogens is 3. The smallest absolute Gasteiger partial charge is 0.378 e. The fourth-order valence-corrected chi connectivity index (χ4v) is 3.37. The molecule has 1 heterocycles. The Hall–Kier alpha value is -3.78. The van der Waals surface area contributed by atoms with Crippen molar-refractivity contribution >= 4 is 27.7 Å². The highest BCUT2D eigenvalue weighted by Gasteiger charge is 2.21. The first-order chi connectivity index (χ1) is 15.9. The standard InChI is InChI=1S/C25H20BrN3O4/c1-16-3-5-18(6-4-16)24-27-23(28-29(24)20-11-13-21(32-2)14-12-20)25(31)33-15-22(30)17-7-9-19(26)10-8-17/h3-14H,15H2,1-2H3. The second-order valence-corrected chi connectivity index (χ2v) is 8.16. The summed E-state index contributed by atoms with van der Waals surface area (Å²) in [5.41, 5.74) is 3.03. The van der Waals surface area contributed by atoms with Gasteiger partial charge in [-0.3, -0.25) is 4.79 Å². The Labute approximate surface area is 199 Å². The number of hydrogen-bond acceptors (Lipinski definition) is 6. The molecule has 0 amide bonds. The van der Waals surface area contributed by atoms with Crippen molar-refractivity contribution < 1.29 is 19.1 Å². The van der Waals surface area contributed by atoms with Crippen LogP contribution in [0.3, 0.4) is 0 Å². The van der Waals surface area contributed by atoms with Gasteiger partial charge in [-0.05, 0) is 43.3 Å². The summed E-state index contributed by atoms with van der Waals surface area (Å²) in [4.78, 5) is 29.4. The minimum atomic E-state index is -0.777. The lowest BCUT2D eigenvalue weighted by Gasteiger charge is -2.07. The summed E-state index contributed by atoms with van der Waals surface area (Å²) in [6.07, 6.45) is 0. The van der Waals surface area contributed by atoms with Crippen LogP contribution in [0, 0.1) is 6.92 Å². The number of ketones is 1. The van der Waals surface area contributed by atoms with Crippen LogP contribution in [0.1, 0.15) is 26.5 Å². The average molecular weight is 506 g/mol. The molecule has 0 aliphatic rings. The number of carbonyl (C=O) groups is 2. The Morgan fingerprint density at radius 2 is 1.61 bits per heavy atom. The van der Waals surface area contributed by atoms with Crippen molar-refractivity contribution in [3.05, 3.63) is 94.2 Å². The van der Waals surface area contributed by atoms with E-state index in [4.69, 9.17) is 9.47 Å². The number of carbonyl (C=O) groups excluding carboxylic acids is 2. The summed E-state index contributed by atoms with van der Waals surface area (Å²) in [6, 6.07) is 21.8. The molecule has 1 aromatic heterocycles. The largest absolute Gasteiger partial charge is 0.497 e. The SMILES string of the molecule is COc1ccc(-n2nc(C(=O)OCC(=O)c3ccc(Br)cc3)nc2-c2ccc(C)cc2)cc1. The predicted octanol–water partition coefficient (Wildman–Crippen LogP) is 5.05. The lowest BCUT2D eigenvalue weighted by molar-refractivity contribution is 0.0462. The Morgan fingerprint density at radius 3 is 2.24 bits per heavy atom. The number of halogens is 1. The fourth-order valence-electron chi connectivity index (χ4n) is 3.11. The summed E-state index contributed by atoms with van der Waals surface area (Å²) in [5.74, 6) is -0.0523. The van der Waals surface area contributed by atoms with E-state index in [0.29, 0.717) is 22.8 Å². The first kappa shape index (κ1) is 22.4. The zero-order valence-electron chi connectivity index (χ0n) is 18.0. The number of aryl methyl sites for hydroxylation is 1. The molecule has 0 aliphatic heterocycles. The van der Waals surface area contributed by atoms with E-state index >= 15 is 0 Å². The average Bonchev–Trinajstić information content (AvgIpc) is 3.29. The molecule has 0 unspecified atom stereocenters. The van der Waals surface area contributed by atoms with E-state index in [1.165, 1.54) is 0 Å². The molecule has 33 heavy (non-hydrogen) atoms. The second kappa shape index (κ2) is 9.79. The molecular weight excluding hydrogens is 486 g/mol. The Kier molecular flexibility index (Phi) is 6.65. The van der Waals surface area contributed by atoms with Gasteiger partial charge in [-0.1, -0.05) is 57.9 Å². The van der Waals surface area contributed by atoms with Gasteiger partial charge in [-0.25, -0.2) is 14.5 Å². The van der Waals surface area contributed by atoms with Crippen LogP contribution in [0.4, 0.5) is 0 Å². The predicted molar refractivity (Wildman–Crippen MR) is 127 cm³/mol. The van der Waals surface area contributed by atoms with Crippen molar-refractivity contribution in [3.8, 4) is 22.8 Å². The maximum Gasteiger partial charge on any atom is 0.378 e. The Bertz CT molecular complexity index is 1280. The number of Topliss-reactive ketones (excluding diaryl/α,β-unsaturated/α-hetero) is 1. The Balaban J connectivity index is 1.61. The molecule has 0 fully saturated rings. The number of benzene rings is 3. The third kappa shape index (κ3) is 5.18. The van der Waals surface area contributed by atoms with E-state index in [-0.39, 0.29) is 11.6 Å². The molecule has 0 saturated heterocycles. The summed E-state index contributed by atoms with van der Waals surface area (Å²) < 4.78 is 12.9. The second-order valence-electron chi connectivity index (χ2n) is 7.24. The monoisotopic (exact) mass is 505 g/mol. The fraction of sp³-hybridized carbons (Fsp3) is 0.120. The van der Waals surface area contributed by atoms with E-state index in [1.54, 1.807) is 48.2 Å². The van der Waals surface area contributed by atoms with Gasteiger partial charge in [0, 0.05) is 15.6 Å². The number of rotatable bonds is 7. The van der Waals surface area contributed by atoms with Crippen LogP contribution in [0.25, 0.3) is 17.1 Å². The van der Waals surface area contributed by atoms with Crippen LogP contribution < -0.4 is 4.74 Å². The molecule has 8 heteroatoms. The quantitative estimate of drug-likeness (QED) is 0.258. The van der Waals surface area contributed by atoms with Crippen LogP contribution >= 0.6 is 15.9 Å². The Morgan fingerprint density at radius 1 is 0.939 bits per heavy atom. The van der Waals surface area contributed by atoms with Gasteiger partial charge in [0.1, 0.15) is 5.75 Å². The van der Waals surface area contributed by atoms with Gasteiger partial charge in [0.25, 0.3) is 5.82 Å². The number of ether oxygens (including phenoxy) is 2. The van der Waals surface area contributed by atoms with Gasteiger partial charge < -0.3 is 9.47 Å². The molecule has 0 N–H and O–H groups in total. The van der Waals surface area contributed by atoms with Crippen LogP contribution in [-0.2, 0) is 4.74 Å².